The highest BCUT2D eigenvalue weighted by molar-refractivity contribution is 6.87. The number of rotatable bonds is 3. The molecule has 0 radical (unpaired) electrons. The summed E-state index contributed by atoms with van der Waals surface area (Å²) in [5, 5.41) is 0.832. The molecule has 0 amide bonds. The largest absolute Gasteiger partial charge is 0.426 e. The SMILES string of the molecule is COC1(C(C)C)C=C([Si](C)(C)C)C(=O)O1. The third-order valence-corrected chi connectivity index (χ3v) is 4.71. The van der Waals surface area contributed by atoms with Crippen molar-refractivity contribution >= 4 is 14.0 Å². The Kier molecular flexibility index (Phi) is 3.12. The lowest BCUT2D eigenvalue weighted by Crippen LogP contribution is -2.36. The minimum atomic E-state index is -1.63. The van der Waals surface area contributed by atoms with Gasteiger partial charge >= 0.3 is 5.97 Å². The molecule has 1 rings (SSSR count). The smallest absolute Gasteiger partial charge is 0.332 e. The number of methoxy groups -OCH3 is 1. The molecule has 0 bridgehead atoms. The molecule has 1 unspecified atom stereocenters. The lowest BCUT2D eigenvalue weighted by atomic mass is 10.0. The second kappa shape index (κ2) is 3.76. The minimum Gasteiger partial charge on any atom is -0.426 e. The van der Waals surface area contributed by atoms with Crippen LogP contribution in [0.5, 0.6) is 0 Å². The fourth-order valence-corrected chi connectivity index (χ4v) is 2.93. The first-order valence-electron chi connectivity index (χ1n) is 5.25. The zero-order chi connectivity index (χ0) is 11.9. The fraction of sp³-hybridized carbons (Fsp3) is 0.727. The van der Waals surface area contributed by atoms with Crippen molar-refractivity contribution < 1.29 is 14.3 Å². The first-order valence-corrected chi connectivity index (χ1v) is 8.75. The molecule has 3 nitrogen and oxygen atoms in total. The second-order valence-corrected chi connectivity index (χ2v) is 10.3. The van der Waals surface area contributed by atoms with Gasteiger partial charge in [0.25, 0.3) is 0 Å². The normalized spacial score (nSPS) is 26.9. The van der Waals surface area contributed by atoms with Gasteiger partial charge in [-0.05, 0) is 6.08 Å². The maximum absolute atomic E-state index is 11.8. The van der Waals surface area contributed by atoms with Gasteiger partial charge in [0.15, 0.2) is 0 Å². The standard InChI is InChI=1S/C11H20O3Si/c1-8(2)11(13-3)7-9(10(12)14-11)15(4,5)6/h7-8H,1-6H3. The number of carbonyl (C=O) groups is 1. The highest BCUT2D eigenvalue weighted by atomic mass is 28.3. The molecular formula is C11H20O3Si. The Morgan fingerprint density at radius 3 is 2.13 bits per heavy atom. The van der Waals surface area contributed by atoms with Crippen molar-refractivity contribution in [3.63, 3.8) is 0 Å². The average Bonchev–Trinajstić information content (AvgIpc) is 2.43. The van der Waals surface area contributed by atoms with Crippen LogP contribution < -0.4 is 0 Å². The molecule has 0 saturated carbocycles. The Morgan fingerprint density at radius 1 is 1.40 bits per heavy atom. The van der Waals surface area contributed by atoms with E-state index in [0.717, 1.165) is 5.20 Å². The van der Waals surface area contributed by atoms with Gasteiger partial charge < -0.3 is 9.47 Å². The molecule has 1 atom stereocenters. The molecule has 1 heterocycles. The molecule has 0 spiro atoms. The van der Waals surface area contributed by atoms with Crippen molar-refractivity contribution in [1.29, 1.82) is 0 Å². The van der Waals surface area contributed by atoms with Gasteiger partial charge in [-0.25, -0.2) is 4.79 Å². The van der Waals surface area contributed by atoms with E-state index in [9.17, 15) is 4.79 Å². The van der Waals surface area contributed by atoms with Gasteiger partial charge in [-0.2, -0.15) is 0 Å². The average molecular weight is 228 g/mol. The number of carbonyl (C=O) groups excluding carboxylic acids is 1. The van der Waals surface area contributed by atoms with Crippen molar-refractivity contribution in [2.24, 2.45) is 5.92 Å². The summed E-state index contributed by atoms with van der Waals surface area (Å²) in [5.74, 6) is -0.919. The van der Waals surface area contributed by atoms with E-state index < -0.39 is 13.9 Å². The summed E-state index contributed by atoms with van der Waals surface area (Å²) >= 11 is 0. The maximum atomic E-state index is 11.8. The van der Waals surface area contributed by atoms with Gasteiger partial charge in [-0.3, -0.25) is 0 Å². The Hall–Kier alpha value is -0.613. The first-order chi connectivity index (χ1) is 6.73. The van der Waals surface area contributed by atoms with Crippen LogP contribution in [0, 0.1) is 5.92 Å². The quantitative estimate of drug-likeness (QED) is 0.549. The van der Waals surface area contributed by atoms with Gasteiger partial charge in [-0.1, -0.05) is 33.5 Å². The van der Waals surface area contributed by atoms with Crippen LogP contribution in [0.2, 0.25) is 19.6 Å². The lowest BCUT2D eigenvalue weighted by Gasteiger charge is -2.28. The van der Waals surface area contributed by atoms with E-state index in [1.54, 1.807) is 7.11 Å². The second-order valence-electron chi connectivity index (χ2n) is 5.28. The highest BCUT2D eigenvalue weighted by Crippen LogP contribution is 2.35. The lowest BCUT2D eigenvalue weighted by molar-refractivity contribution is -0.204. The predicted octanol–water partition coefficient (Wildman–Crippen LogP) is 2.35. The summed E-state index contributed by atoms with van der Waals surface area (Å²) in [6.45, 7) is 10.4. The van der Waals surface area contributed by atoms with E-state index in [1.807, 2.05) is 19.9 Å². The van der Waals surface area contributed by atoms with E-state index in [1.165, 1.54) is 0 Å². The number of hydrogen-bond donors (Lipinski definition) is 0. The van der Waals surface area contributed by atoms with Crippen molar-refractivity contribution in [3.05, 3.63) is 11.3 Å². The van der Waals surface area contributed by atoms with Crippen LogP contribution in [-0.2, 0) is 14.3 Å². The van der Waals surface area contributed by atoms with Gasteiger partial charge in [0.05, 0.1) is 8.07 Å². The minimum absolute atomic E-state index is 0.125. The van der Waals surface area contributed by atoms with Crippen LogP contribution >= 0.6 is 0 Å². The number of esters is 1. The molecule has 0 N–H and O–H groups in total. The molecule has 4 heteroatoms. The van der Waals surface area contributed by atoms with Crippen molar-refractivity contribution in [3.8, 4) is 0 Å². The molecule has 0 aromatic rings. The van der Waals surface area contributed by atoms with Crippen molar-refractivity contribution in [2.75, 3.05) is 7.11 Å². The van der Waals surface area contributed by atoms with Crippen LogP contribution in [-0.4, -0.2) is 26.9 Å². The van der Waals surface area contributed by atoms with Gasteiger partial charge in [0, 0.05) is 18.2 Å². The van der Waals surface area contributed by atoms with E-state index in [0.29, 0.717) is 0 Å². The summed E-state index contributed by atoms with van der Waals surface area (Å²) in [6.07, 6.45) is 1.88. The van der Waals surface area contributed by atoms with Crippen LogP contribution in [0.25, 0.3) is 0 Å². The highest BCUT2D eigenvalue weighted by Gasteiger charge is 2.46. The summed E-state index contributed by atoms with van der Waals surface area (Å²) in [4.78, 5) is 11.8. The molecular weight excluding hydrogens is 208 g/mol. The monoisotopic (exact) mass is 228 g/mol. The molecule has 15 heavy (non-hydrogen) atoms. The maximum Gasteiger partial charge on any atom is 0.332 e. The third kappa shape index (κ3) is 2.15. The van der Waals surface area contributed by atoms with Crippen LogP contribution in [0.15, 0.2) is 11.3 Å². The number of hydrogen-bond acceptors (Lipinski definition) is 3. The topological polar surface area (TPSA) is 35.5 Å². The number of ether oxygens (including phenoxy) is 2. The van der Waals surface area contributed by atoms with E-state index in [-0.39, 0.29) is 11.9 Å². The van der Waals surface area contributed by atoms with Crippen LogP contribution in [0.3, 0.4) is 0 Å². The van der Waals surface area contributed by atoms with E-state index in [4.69, 9.17) is 9.47 Å². The Labute approximate surface area is 92.5 Å². The van der Waals surface area contributed by atoms with Gasteiger partial charge in [0.1, 0.15) is 0 Å². The predicted molar refractivity (Wildman–Crippen MR) is 62.1 cm³/mol. The van der Waals surface area contributed by atoms with Crippen molar-refractivity contribution in [1.82, 2.24) is 0 Å². The van der Waals surface area contributed by atoms with E-state index >= 15 is 0 Å². The molecule has 0 saturated heterocycles. The van der Waals surface area contributed by atoms with Crippen LogP contribution in [0.1, 0.15) is 13.8 Å². The molecule has 1 aliphatic heterocycles. The Balaban J connectivity index is 3.11. The Morgan fingerprint density at radius 2 is 1.93 bits per heavy atom. The van der Waals surface area contributed by atoms with Crippen LogP contribution in [0.4, 0.5) is 0 Å². The molecule has 86 valence electrons. The van der Waals surface area contributed by atoms with Gasteiger partial charge in [-0.15, -0.1) is 0 Å². The number of cyclic esters (lactones) is 1. The Bertz CT molecular complexity index is 301. The third-order valence-electron chi connectivity index (χ3n) is 2.75. The summed E-state index contributed by atoms with van der Waals surface area (Å²) in [6, 6.07) is 0. The van der Waals surface area contributed by atoms with E-state index in [2.05, 4.69) is 19.6 Å². The summed E-state index contributed by atoms with van der Waals surface area (Å²) in [5.41, 5.74) is 0. The first kappa shape index (κ1) is 12.5. The summed E-state index contributed by atoms with van der Waals surface area (Å²) in [7, 11) is -0.0513. The van der Waals surface area contributed by atoms with Crippen molar-refractivity contribution in [2.45, 2.75) is 39.3 Å². The zero-order valence-corrected chi connectivity index (χ0v) is 11.4. The molecule has 0 aromatic heterocycles. The molecule has 0 aliphatic carbocycles. The summed E-state index contributed by atoms with van der Waals surface area (Å²) < 4.78 is 10.7. The fourth-order valence-electron chi connectivity index (χ4n) is 1.63. The molecule has 0 aromatic carbocycles. The molecule has 0 fully saturated rings. The molecule has 1 aliphatic rings. The van der Waals surface area contributed by atoms with Gasteiger partial charge in [0.2, 0.25) is 5.79 Å². The zero-order valence-electron chi connectivity index (χ0n) is 10.4.